The SMILES string of the molecule is CC(C)OC(=O)COc1cccc(C=C2C(=O)NN(c3ccccc3)C2=O)c1. The molecule has 0 aliphatic carbocycles. The maximum atomic E-state index is 12.6. The highest BCUT2D eigenvalue weighted by atomic mass is 16.6. The molecule has 1 saturated heterocycles. The Morgan fingerprint density at radius 1 is 1.11 bits per heavy atom. The fourth-order valence-electron chi connectivity index (χ4n) is 2.62. The number of hydrogen-bond acceptors (Lipinski definition) is 5. The summed E-state index contributed by atoms with van der Waals surface area (Å²) in [6, 6.07) is 15.6. The minimum Gasteiger partial charge on any atom is -0.482 e. The molecule has 28 heavy (non-hydrogen) atoms. The first kappa shape index (κ1) is 19.2. The Balaban J connectivity index is 1.73. The molecule has 1 aliphatic rings. The number of carbonyl (C=O) groups is 3. The summed E-state index contributed by atoms with van der Waals surface area (Å²) < 4.78 is 10.4. The Morgan fingerprint density at radius 2 is 1.86 bits per heavy atom. The van der Waals surface area contributed by atoms with Gasteiger partial charge in [-0.1, -0.05) is 30.3 Å². The lowest BCUT2D eigenvalue weighted by molar-refractivity contribution is -0.149. The fourth-order valence-corrected chi connectivity index (χ4v) is 2.62. The zero-order valence-corrected chi connectivity index (χ0v) is 15.5. The Labute approximate surface area is 162 Å². The van der Waals surface area contributed by atoms with E-state index in [9.17, 15) is 14.4 Å². The maximum absolute atomic E-state index is 12.6. The first-order valence-electron chi connectivity index (χ1n) is 8.78. The molecule has 2 aromatic rings. The summed E-state index contributed by atoms with van der Waals surface area (Å²) in [5, 5.41) is 1.20. The lowest BCUT2D eigenvalue weighted by Gasteiger charge is -2.13. The third-order valence-electron chi connectivity index (χ3n) is 3.80. The predicted molar refractivity (Wildman–Crippen MR) is 103 cm³/mol. The second kappa shape index (κ2) is 8.39. The summed E-state index contributed by atoms with van der Waals surface area (Å²) in [6.45, 7) is 3.29. The smallest absolute Gasteiger partial charge is 0.344 e. The van der Waals surface area contributed by atoms with Crippen LogP contribution in [-0.2, 0) is 19.1 Å². The maximum Gasteiger partial charge on any atom is 0.344 e. The van der Waals surface area contributed by atoms with Gasteiger partial charge in [0.25, 0.3) is 11.8 Å². The number of amides is 2. The van der Waals surface area contributed by atoms with Crippen molar-refractivity contribution in [1.82, 2.24) is 5.43 Å². The highest BCUT2D eigenvalue weighted by Gasteiger charge is 2.34. The summed E-state index contributed by atoms with van der Waals surface area (Å²) >= 11 is 0. The average Bonchev–Trinajstić information content (AvgIpc) is 2.95. The minimum atomic E-state index is -0.485. The molecule has 1 heterocycles. The van der Waals surface area contributed by atoms with E-state index in [1.807, 2.05) is 6.07 Å². The molecule has 2 aromatic carbocycles. The molecule has 0 bridgehead atoms. The van der Waals surface area contributed by atoms with E-state index < -0.39 is 17.8 Å². The third-order valence-corrected chi connectivity index (χ3v) is 3.80. The van der Waals surface area contributed by atoms with Gasteiger partial charge < -0.3 is 9.47 Å². The molecule has 0 atom stereocenters. The van der Waals surface area contributed by atoms with E-state index in [1.54, 1.807) is 62.4 Å². The van der Waals surface area contributed by atoms with Crippen LogP contribution in [0.2, 0.25) is 0 Å². The molecule has 0 aromatic heterocycles. The molecule has 0 unspecified atom stereocenters. The molecule has 3 rings (SSSR count). The van der Waals surface area contributed by atoms with Crippen LogP contribution in [0.15, 0.2) is 60.2 Å². The lowest BCUT2D eigenvalue weighted by atomic mass is 10.1. The summed E-state index contributed by atoms with van der Waals surface area (Å²) in [4.78, 5) is 36.4. The van der Waals surface area contributed by atoms with E-state index in [4.69, 9.17) is 9.47 Å². The first-order chi connectivity index (χ1) is 13.4. The number of benzene rings is 2. The van der Waals surface area contributed by atoms with Crippen LogP contribution in [-0.4, -0.2) is 30.5 Å². The monoisotopic (exact) mass is 380 g/mol. The highest BCUT2D eigenvalue weighted by Crippen LogP contribution is 2.22. The van der Waals surface area contributed by atoms with Crippen LogP contribution < -0.4 is 15.2 Å². The standard InChI is InChI=1S/C21H20N2O5/c1-14(2)28-19(24)13-27-17-10-6-7-15(11-17)12-18-20(25)22-23(21(18)26)16-8-4-3-5-9-16/h3-12,14H,13H2,1-2H3,(H,22,25). The van der Waals surface area contributed by atoms with Crippen LogP contribution >= 0.6 is 0 Å². The Hall–Kier alpha value is -3.61. The van der Waals surface area contributed by atoms with Crippen molar-refractivity contribution in [2.75, 3.05) is 11.6 Å². The van der Waals surface area contributed by atoms with Crippen molar-refractivity contribution in [1.29, 1.82) is 0 Å². The number of ether oxygens (including phenoxy) is 2. The summed E-state index contributed by atoms with van der Waals surface area (Å²) in [5.74, 6) is -0.966. The van der Waals surface area contributed by atoms with Gasteiger partial charge in [0, 0.05) is 0 Å². The van der Waals surface area contributed by atoms with Gasteiger partial charge in [-0.2, -0.15) is 0 Å². The van der Waals surface area contributed by atoms with Gasteiger partial charge in [-0.3, -0.25) is 15.0 Å². The molecule has 144 valence electrons. The van der Waals surface area contributed by atoms with Crippen LogP contribution in [0, 0.1) is 0 Å². The van der Waals surface area contributed by atoms with Crippen LogP contribution in [0.3, 0.4) is 0 Å². The van der Waals surface area contributed by atoms with Crippen LogP contribution in [0.5, 0.6) is 5.75 Å². The zero-order chi connectivity index (χ0) is 20.1. The Kier molecular flexibility index (Phi) is 5.74. The van der Waals surface area contributed by atoms with Crippen molar-refractivity contribution in [2.45, 2.75) is 20.0 Å². The van der Waals surface area contributed by atoms with Crippen LogP contribution in [0.25, 0.3) is 6.08 Å². The molecule has 0 saturated carbocycles. The topological polar surface area (TPSA) is 84.9 Å². The van der Waals surface area contributed by atoms with Crippen LogP contribution in [0.1, 0.15) is 19.4 Å². The van der Waals surface area contributed by atoms with E-state index in [2.05, 4.69) is 5.43 Å². The molecule has 7 heteroatoms. The van der Waals surface area contributed by atoms with Gasteiger partial charge in [-0.25, -0.2) is 9.80 Å². The molecule has 0 radical (unpaired) electrons. The van der Waals surface area contributed by atoms with Gasteiger partial charge in [0.2, 0.25) is 0 Å². The van der Waals surface area contributed by atoms with E-state index in [1.165, 1.54) is 11.1 Å². The summed E-state index contributed by atoms with van der Waals surface area (Å²) in [5.41, 5.74) is 3.74. The van der Waals surface area contributed by atoms with Crippen molar-refractivity contribution in [2.24, 2.45) is 0 Å². The number of hydrazine groups is 1. The Morgan fingerprint density at radius 3 is 2.57 bits per heavy atom. The van der Waals surface area contributed by atoms with E-state index in [0.29, 0.717) is 17.0 Å². The lowest BCUT2D eigenvalue weighted by Crippen LogP contribution is -2.35. The van der Waals surface area contributed by atoms with Crippen molar-refractivity contribution in [3.63, 3.8) is 0 Å². The molecular weight excluding hydrogens is 360 g/mol. The normalized spacial score (nSPS) is 15.1. The molecule has 2 amide bonds. The zero-order valence-electron chi connectivity index (χ0n) is 15.5. The van der Waals surface area contributed by atoms with Crippen molar-refractivity contribution in [3.8, 4) is 5.75 Å². The summed E-state index contributed by atoms with van der Waals surface area (Å²) in [7, 11) is 0. The number of carbonyl (C=O) groups excluding carboxylic acids is 3. The van der Waals surface area contributed by atoms with Gasteiger partial charge in [0.05, 0.1) is 11.8 Å². The number of esters is 1. The van der Waals surface area contributed by atoms with Crippen LogP contribution in [0.4, 0.5) is 5.69 Å². The van der Waals surface area contributed by atoms with E-state index in [-0.39, 0.29) is 18.3 Å². The summed E-state index contributed by atoms with van der Waals surface area (Å²) in [6.07, 6.45) is 1.27. The molecule has 1 N–H and O–H groups in total. The van der Waals surface area contributed by atoms with Gasteiger partial charge in [-0.05, 0) is 49.8 Å². The number of nitrogens with one attached hydrogen (secondary N) is 1. The van der Waals surface area contributed by atoms with E-state index >= 15 is 0 Å². The number of nitrogens with zero attached hydrogens (tertiary/aromatic N) is 1. The number of para-hydroxylation sites is 1. The van der Waals surface area contributed by atoms with Crippen molar-refractivity contribution >= 4 is 29.5 Å². The van der Waals surface area contributed by atoms with Gasteiger partial charge in [-0.15, -0.1) is 0 Å². The molecular formula is C21H20N2O5. The quantitative estimate of drug-likeness (QED) is 0.473. The van der Waals surface area contributed by atoms with Gasteiger partial charge >= 0.3 is 5.97 Å². The van der Waals surface area contributed by atoms with Crippen molar-refractivity contribution < 1.29 is 23.9 Å². The molecule has 1 fully saturated rings. The molecule has 1 aliphatic heterocycles. The number of anilines is 1. The number of rotatable bonds is 6. The van der Waals surface area contributed by atoms with Gasteiger partial charge in [0.15, 0.2) is 6.61 Å². The third kappa shape index (κ3) is 4.56. The van der Waals surface area contributed by atoms with Gasteiger partial charge in [0.1, 0.15) is 11.3 Å². The Bertz CT molecular complexity index is 921. The fraction of sp³-hybridized carbons (Fsp3) is 0.190. The molecule has 7 nitrogen and oxygen atoms in total. The first-order valence-corrected chi connectivity index (χ1v) is 8.78. The highest BCUT2D eigenvalue weighted by molar-refractivity contribution is 6.31. The second-order valence-electron chi connectivity index (χ2n) is 6.37. The predicted octanol–water partition coefficient (Wildman–Crippen LogP) is 2.48. The largest absolute Gasteiger partial charge is 0.482 e. The minimum absolute atomic E-state index is 0.0141. The second-order valence-corrected chi connectivity index (χ2v) is 6.37. The number of hydrogen-bond donors (Lipinski definition) is 1. The average molecular weight is 380 g/mol. The van der Waals surface area contributed by atoms with E-state index in [0.717, 1.165) is 0 Å². The molecule has 0 spiro atoms. The van der Waals surface area contributed by atoms with Crippen molar-refractivity contribution in [3.05, 3.63) is 65.7 Å².